The van der Waals surface area contributed by atoms with Gasteiger partial charge in [0.25, 0.3) is 5.89 Å². The third kappa shape index (κ3) is 1.35. The van der Waals surface area contributed by atoms with Gasteiger partial charge >= 0.3 is 0 Å². The summed E-state index contributed by atoms with van der Waals surface area (Å²) in [5, 5.41) is 3.65. The predicted molar refractivity (Wildman–Crippen MR) is 46.7 cm³/mol. The van der Waals surface area contributed by atoms with Gasteiger partial charge in [-0.25, -0.2) is 4.98 Å². The largest absolute Gasteiger partial charge is 0.397 e. The summed E-state index contributed by atoms with van der Waals surface area (Å²) in [6.07, 6.45) is 1.63. The number of nitrogens with two attached hydrogens (primary N) is 1. The molecule has 5 nitrogen and oxygen atoms in total. The SMILES string of the molecule is Cc1noc(-c2ncccc2N)n1. The summed E-state index contributed by atoms with van der Waals surface area (Å²) in [6.45, 7) is 1.74. The maximum absolute atomic E-state index is 5.67. The molecule has 2 aromatic heterocycles. The zero-order valence-corrected chi connectivity index (χ0v) is 7.06. The Morgan fingerprint density at radius 2 is 2.31 bits per heavy atom. The van der Waals surface area contributed by atoms with Crippen molar-refractivity contribution >= 4 is 5.69 Å². The monoisotopic (exact) mass is 176 g/mol. The third-order valence-corrected chi connectivity index (χ3v) is 1.57. The summed E-state index contributed by atoms with van der Waals surface area (Å²) >= 11 is 0. The first-order valence-corrected chi connectivity index (χ1v) is 3.78. The molecule has 0 aromatic carbocycles. The van der Waals surface area contributed by atoms with E-state index in [1.807, 2.05) is 0 Å². The lowest BCUT2D eigenvalue weighted by Gasteiger charge is -1.96. The molecule has 0 radical (unpaired) electrons. The molecule has 0 aliphatic rings. The van der Waals surface area contributed by atoms with Crippen molar-refractivity contribution in [3.63, 3.8) is 0 Å². The van der Waals surface area contributed by atoms with Crippen LogP contribution < -0.4 is 5.73 Å². The van der Waals surface area contributed by atoms with Gasteiger partial charge in [-0.2, -0.15) is 4.98 Å². The Hall–Kier alpha value is -1.91. The average molecular weight is 176 g/mol. The first-order valence-electron chi connectivity index (χ1n) is 3.78. The minimum atomic E-state index is 0.357. The molecule has 0 bridgehead atoms. The van der Waals surface area contributed by atoms with Gasteiger partial charge in [0, 0.05) is 6.20 Å². The normalized spacial score (nSPS) is 10.2. The van der Waals surface area contributed by atoms with Gasteiger partial charge in [0.1, 0.15) is 0 Å². The Morgan fingerprint density at radius 1 is 1.46 bits per heavy atom. The van der Waals surface area contributed by atoms with E-state index in [-0.39, 0.29) is 0 Å². The molecule has 0 aliphatic heterocycles. The van der Waals surface area contributed by atoms with Crippen LogP contribution in [0.2, 0.25) is 0 Å². The van der Waals surface area contributed by atoms with Crippen LogP contribution in [-0.4, -0.2) is 15.1 Å². The molecule has 0 spiro atoms. The molecule has 0 aliphatic carbocycles. The molecule has 0 atom stereocenters. The van der Waals surface area contributed by atoms with Crippen LogP contribution in [0.1, 0.15) is 5.82 Å². The molecule has 66 valence electrons. The van der Waals surface area contributed by atoms with E-state index in [1.165, 1.54) is 0 Å². The predicted octanol–water partition coefficient (Wildman–Crippen LogP) is 1.02. The number of aromatic nitrogens is 3. The fourth-order valence-electron chi connectivity index (χ4n) is 0.990. The summed E-state index contributed by atoms with van der Waals surface area (Å²) in [7, 11) is 0. The second kappa shape index (κ2) is 2.85. The molecule has 0 saturated heterocycles. The maximum atomic E-state index is 5.67. The van der Waals surface area contributed by atoms with Gasteiger partial charge in [-0.3, -0.25) is 0 Å². The highest BCUT2D eigenvalue weighted by atomic mass is 16.5. The lowest BCUT2D eigenvalue weighted by molar-refractivity contribution is 0.424. The van der Waals surface area contributed by atoms with E-state index in [0.717, 1.165) is 0 Å². The van der Waals surface area contributed by atoms with Crippen molar-refractivity contribution in [3.8, 4) is 11.6 Å². The second-order valence-corrected chi connectivity index (χ2v) is 2.59. The molecule has 0 amide bonds. The van der Waals surface area contributed by atoms with Crippen molar-refractivity contribution in [3.05, 3.63) is 24.2 Å². The van der Waals surface area contributed by atoms with Crippen LogP contribution in [0.4, 0.5) is 5.69 Å². The second-order valence-electron chi connectivity index (χ2n) is 2.59. The van der Waals surface area contributed by atoms with Crippen LogP contribution in [0.15, 0.2) is 22.9 Å². The average Bonchev–Trinajstić information content (AvgIpc) is 2.53. The highest BCUT2D eigenvalue weighted by Gasteiger charge is 2.09. The highest BCUT2D eigenvalue weighted by Crippen LogP contribution is 2.20. The number of pyridine rings is 1. The molecule has 0 saturated carbocycles. The maximum Gasteiger partial charge on any atom is 0.278 e. The number of anilines is 1. The zero-order chi connectivity index (χ0) is 9.26. The first kappa shape index (κ1) is 7.72. The molecule has 2 heterocycles. The van der Waals surface area contributed by atoms with Crippen LogP contribution in [0.3, 0.4) is 0 Å². The standard InChI is InChI=1S/C8H8N4O/c1-5-11-8(13-12-5)7-6(9)3-2-4-10-7/h2-4H,9H2,1H3. The van der Waals surface area contributed by atoms with E-state index in [4.69, 9.17) is 10.3 Å². The summed E-state index contributed by atoms with van der Waals surface area (Å²) < 4.78 is 4.93. The molecule has 0 fully saturated rings. The van der Waals surface area contributed by atoms with E-state index < -0.39 is 0 Å². The summed E-state index contributed by atoms with van der Waals surface area (Å²) in [6, 6.07) is 3.49. The van der Waals surface area contributed by atoms with E-state index >= 15 is 0 Å². The van der Waals surface area contributed by atoms with Crippen molar-refractivity contribution in [1.82, 2.24) is 15.1 Å². The Balaban J connectivity index is 2.52. The molecule has 2 rings (SSSR count). The van der Waals surface area contributed by atoms with Crippen molar-refractivity contribution in [1.29, 1.82) is 0 Å². The van der Waals surface area contributed by atoms with Gasteiger partial charge in [0.05, 0.1) is 5.69 Å². The van der Waals surface area contributed by atoms with Crippen LogP contribution >= 0.6 is 0 Å². The Morgan fingerprint density at radius 3 is 2.92 bits per heavy atom. The molecular formula is C8H8N4O. The molecular weight excluding hydrogens is 168 g/mol. The van der Waals surface area contributed by atoms with E-state index in [0.29, 0.717) is 23.1 Å². The number of nitrogen functional groups attached to an aromatic ring is 1. The topological polar surface area (TPSA) is 77.8 Å². The van der Waals surface area contributed by atoms with Crippen molar-refractivity contribution in [2.75, 3.05) is 5.73 Å². The van der Waals surface area contributed by atoms with Crippen LogP contribution in [0, 0.1) is 6.92 Å². The summed E-state index contributed by atoms with van der Waals surface area (Å²) in [5.41, 5.74) is 6.74. The highest BCUT2D eigenvalue weighted by molar-refractivity contribution is 5.65. The Kier molecular flexibility index (Phi) is 1.70. The number of nitrogens with zero attached hydrogens (tertiary/aromatic N) is 3. The van der Waals surface area contributed by atoms with Gasteiger partial charge in [0.15, 0.2) is 11.5 Å². The molecule has 2 aromatic rings. The number of hydrogen-bond acceptors (Lipinski definition) is 5. The summed E-state index contributed by atoms with van der Waals surface area (Å²) in [5.74, 6) is 0.927. The molecule has 13 heavy (non-hydrogen) atoms. The smallest absolute Gasteiger partial charge is 0.278 e. The van der Waals surface area contributed by atoms with Gasteiger partial charge in [-0.15, -0.1) is 0 Å². The third-order valence-electron chi connectivity index (χ3n) is 1.57. The van der Waals surface area contributed by atoms with Gasteiger partial charge in [-0.05, 0) is 19.1 Å². The van der Waals surface area contributed by atoms with Gasteiger partial charge in [0.2, 0.25) is 0 Å². The first-order chi connectivity index (χ1) is 6.27. The quantitative estimate of drug-likeness (QED) is 0.701. The number of rotatable bonds is 1. The molecule has 0 unspecified atom stereocenters. The fraction of sp³-hybridized carbons (Fsp3) is 0.125. The minimum Gasteiger partial charge on any atom is -0.397 e. The van der Waals surface area contributed by atoms with E-state index in [1.54, 1.807) is 25.3 Å². The van der Waals surface area contributed by atoms with Crippen LogP contribution in [-0.2, 0) is 0 Å². The number of hydrogen-bond donors (Lipinski definition) is 1. The Labute approximate surface area is 74.6 Å². The van der Waals surface area contributed by atoms with E-state index in [2.05, 4.69) is 15.1 Å². The van der Waals surface area contributed by atoms with Crippen molar-refractivity contribution in [2.45, 2.75) is 6.92 Å². The van der Waals surface area contributed by atoms with Crippen molar-refractivity contribution < 1.29 is 4.52 Å². The van der Waals surface area contributed by atoms with Gasteiger partial charge in [-0.1, -0.05) is 5.16 Å². The summed E-state index contributed by atoms with van der Waals surface area (Å²) in [4.78, 5) is 8.06. The van der Waals surface area contributed by atoms with E-state index in [9.17, 15) is 0 Å². The van der Waals surface area contributed by atoms with Gasteiger partial charge < -0.3 is 10.3 Å². The Bertz CT molecular complexity index is 424. The molecule has 5 heteroatoms. The van der Waals surface area contributed by atoms with Crippen LogP contribution in [0.25, 0.3) is 11.6 Å². The fourth-order valence-corrected chi connectivity index (χ4v) is 0.990. The molecule has 2 N–H and O–H groups in total. The van der Waals surface area contributed by atoms with Crippen molar-refractivity contribution in [2.24, 2.45) is 0 Å². The lowest BCUT2D eigenvalue weighted by atomic mass is 10.3. The van der Waals surface area contributed by atoms with Crippen LogP contribution in [0.5, 0.6) is 0 Å². The number of aryl methyl sites for hydroxylation is 1. The lowest BCUT2D eigenvalue weighted by Crippen LogP contribution is -1.92. The minimum absolute atomic E-state index is 0.357. The zero-order valence-electron chi connectivity index (χ0n) is 7.06.